The van der Waals surface area contributed by atoms with Gasteiger partial charge in [0.2, 0.25) is 0 Å². The third kappa shape index (κ3) is 5.07. The van der Waals surface area contributed by atoms with Crippen LogP contribution in [0, 0.1) is 20.8 Å². The number of carbonyl (C=O) groups excluding carboxylic acids is 2. The number of rotatable bonds is 8. The van der Waals surface area contributed by atoms with Gasteiger partial charge in [0, 0.05) is 11.4 Å². The molecule has 34 heavy (non-hydrogen) atoms. The van der Waals surface area contributed by atoms with E-state index in [-0.39, 0.29) is 17.2 Å². The van der Waals surface area contributed by atoms with Crippen LogP contribution in [-0.2, 0) is 14.8 Å². The Morgan fingerprint density at radius 2 is 1.74 bits per heavy atom. The molecule has 1 amide bonds. The number of amides is 1. The SMILES string of the molecule is CCOC(=O)c1c(C)[nH]c(C(=O)Nc2cc(S(=O)(=O)Nc3ccccc3OC)ccc2C)c1C. The summed E-state index contributed by atoms with van der Waals surface area (Å²) in [6.45, 7) is 6.99. The number of nitrogens with one attached hydrogen (secondary N) is 3. The van der Waals surface area contributed by atoms with Gasteiger partial charge in [-0.05, 0) is 63.1 Å². The van der Waals surface area contributed by atoms with Gasteiger partial charge in [0.1, 0.15) is 11.4 Å². The molecular formula is C24H27N3O6S. The highest BCUT2D eigenvalue weighted by molar-refractivity contribution is 7.92. The summed E-state index contributed by atoms with van der Waals surface area (Å²) >= 11 is 0. The molecule has 0 saturated carbocycles. The number of aryl methyl sites for hydroxylation is 2. The second-order valence-corrected chi connectivity index (χ2v) is 9.26. The molecule has 0 unspecified atom stereocenters. The van der Waals surface area contributed by atoms with Crippen LogP contribution in [0.4, 0.5) is 11.4 Å². The fraction of sp³-hybridized carbons (Fsp3) is 0.250. The van der Waals surface area contributed by atoms with E-state index in [1.54, 1.807) is 58.0 Å². The number of hydrogen-bond acceptors (Lipinski definition) is 6. The maximum atomic E-state index is 13.0. The van der Waals surface area contributed by atoms with Gasteiger partial charge in [0.05, 0.1) is 29.9 Å². The summed E-state index contributed by atoms with van der Waals surface area (Å²) in [5.41, 5.74) is 2.73. The molecule has 3 rings (SSSR count). The normalized spacial score (nSPS) is 11.1. The highest BCUT2D eigenvalue weighted by atomic mass is 32.2. The number of anilines is 2. The quantitative estimate of drug-likeness (QED) is 0.411. The smallest absolute Gasteiger partial charge is 0.340 e. The monoisotopic (exact) mass is 485 g/mol. The van der Waals surface area contributed by atoms with Gasteiger partial charge >= 0.3 is 5.97 Å². The molecule has 2 aromatic carbocycles. The van der Waals surface area contributed by atoms with E-state index in [0.717, 1.165) is 0 Å². The molecule has 3 aromatic rings. The van der Waals surface area contributed by atoms with Crippen LogP contribution >= 0.6 is 0 Å². The summed E-state index contributed by atoms with van der Waals surface area (Å²) in [6, 6.07) is 11.1. The first-order chi connectivity index (χ1) is 16.1. The zero-order valence-electron chi connectivity index (χ0n) is 19.6. The Balaban J connectivity index is 1.89. The Hall–Kier alpha value is -3.79. The number of H-pyrrole nitrogens is 1. The van der Waals surface area contributed by atoms with Crippen molar-refractivity contribution in [3.05, 3.63) is 70.5 Å². The summed E-state index contributed by atoms with van der Waals surface area (Å²) in [5.74, 6) is -0.646. The molecule has 0 saturated heterocycles. The minimum atomic E-state index is -3.96. The zero-order valence-corrected chi connectivity index (χ0v) is 20.4. The maximum Gasteiger partial charge on any atom is 0.340 e. The Labute approximate surface area is 198 Å². The van der Waals surface area contributed by atoms with Crippen molar-refractivity contribution >= 4 is 33.3 Å². The van der Waals surface area contributed by atoms with Crippen LogP contribution in [0.3, 0.4) is 0 Å². The maximum absolute atomic E-state index is 13.0. The molecule has 0 aliphatic carbocycles. The lowest BCUT2D eigenvalue weighted by atomic mass is 10.1. The number of para-hydroxylation sites is 2. The fourth-order valence-corrected chi connectivity index (χ4v) is 4.60. The summed E-state index contributed by atoms with van der Waals surface area (Å²) in [4.78, 5) is 28.1. The van der Waals surface area contributed by atoms with Crippen LogP contribution in [0.5, 0.6) is 5.75 Å². The third-order valence-corrected chi connectivity index (χ3v) is 6.63. The molecule has 1 aromatic heterocycles. The van der Waals surface area contributed by atoms with E-state index in [2.05, 4.69) is 15.0 Å². The van der Waals surface area contributed by atoms with Gasteiger partial charge in [0.15, 0.2) is 0 Å². The second kappa shape index (κ2) is 10.0. The lowest BCUT2D eigenvalue weighted by molar-refractivity contribution is 0.0525. The molecule has 180 valence electrons. The van der Waals surface area contributed by atoms with Gasteiger partial charge in [-0.3, -0.25) is 9.52 Å². The van der Waals surface area contributed by atoms with Gasteiger partial charge in [-0.25, -0.2) is 13.2 Å². The number of ether oxygens (including phenoxy) is 2. The Morgan fingerprint density at radius 3 is 2.41 bits per heavy atom. The minimum absolute atomic E-state index is 0.0362. The highest BCUT2D eigenvalue weighted by Gasteiger charge is 2.24. The first kappa shape index (κ1) is 24.8. The van der Waals surface area contributed by atoms with Crippen LogP contribution in [0.2, 0.25) is 0 Å². The first-order valence-corrected chi connectivity index (χ1v) is 12.0. The van der Waals surface area contributed by atoms with Gasteiger partial charge in [0.25, 0.3) is 15.9 Å². The predicted molar refractivity (Wildman–Crippen MR) is 129 cm³/mol. The summed E-state index contributed by atoms with van der Waals surface area (Å²) in [6.07, 6.45) is 0. The van der Waals surface area contributed by atoms with E-state index in [4.69, 9.17) is 9.47 Å². The number of aromatic nitrogens is 1. The number of aromatic amines is 1. The van der Waals surface area contributed by atoms with Crippen molar-refractivity contribution in [3.63, 3.8) is 0 Å². The van der Waals surface area contributed by atoms with Crippen molar-refractivity contribution in [3.8, 4) is 5.75 Å². The first-order valence-electron chi connectivity index (χ1n) is 10.5. The Kier molecular flexibility index (Phi) is 7.31. The van der Waals surface area contributed by atoms with Crippen molar-refractivity contribution in [1.82, 2.24) is 4.98 Å². The number of esters is 1. The van der Waals surface area contributed by atoms with E-state index in [1.807, 2.05) is 0 Å². The predicted octanol–water partition coefficient (Wildman–Crippen LogP) is 4.18. The average molecular weight is 486 g/mol. The van der Waals surface area contributed by atoms with E-state index >= 15 is 0 Å². The van der Waals surface area contributed by atoms with Crippen molar-refractivity contribution in [2.45, 2.75) is 32.6 Å². The molecule has 9 nitrogen and oxygen atoms in total. The van der Waals surface area contributed by atoms with E-state index < -0.39 is 21.9 Å². The second-order valence-electron chi connectivity index (χ2n) is 7.58. The molecule has 1 heterocycles. The molecule has 0 atom stereocenters. The number of methoxy groups -OCH3 is 1. The van der Waals surface area contributed by atoms with Gasteiger partial charge in [-0.1, -0.05) is 18.2 Å². The van der Waals surface area contributed by atoms with Crippen LogP contribution in [-0.4, -0.2) is 39.0 Å². The van der Waals surface area contributed by atoms with Gasteiger partial charge in [-0.15, -0.1) is 0 Å². The average Bonchev–Trinajstić information content (AvgIpc) is 3.09. The Bertz CT molecular complexity index is 1340. The molecule has 0 radical (unpaired) electrons. The molecular weight excluding hydrogens is 458 g/mol. The van der Waals surface area contributed by atoms with Crippen molar-refractivity contribution in [1.29, 1.82) is 0 Å². The summed E-state index contributed by atoms with van der Waals surface area (Å²) in [7, 11) is -2.52. The number of carbonyl (C=O) groups is 2. The molecule has 10 heteroatoms. The van der Waals surface area contributed by atoms with Crippen LogP contribution in [0.15, 0.2) is 47.4 Å². The van der Waals surface area contributed by atoms with E-state index in [9.17, 15) is 18.0 Å². The Morgan fingerprint density at radius 1 is 1.03 bits per heavy atom. The largest absolute Gasteiger partial charge is 0.495 e. The van der Waals surface area contributed by atoms with Gasteiger partial charge in [-0.2, -0.15) is 0 Å². The molecule has 0 aliphatic rings. The highest BCUT2D eigenvalue weighted by Crippen LogP contribution is 2.28. The lowest BCUT2D eigenvalue weighted by Crippen LogP contribution is -2.17. The number of sulfonamides is 1. The molecule has 0 spiro atoms. The molecule has 3 N–H and O–H groups in total. The minimum Gasteiger partial charge on any atom is -0.495 e. The fourth-order valence-electron chi connectivity index (χ4n) is 3.51. The standard InChI is InChI=1S/C24H27N3O6S/c1-6-33-24(29)21-15(3)22(25-16(21)4)23(28)26-19-13-17(12-11-14(19)2)34(30,31)27-18-9-7-8-10-20(18)32-5/h7-13,25,27H,6H2,1-5H3,(H,26,28). The molecule has 0 bridgehead atoms. The van der Waals surface area contributed by atoms with Crippen molar-refractivity contribution in [2.75, 3.05) is 23.8 Å². The number of hydrogen-bond donors (Lipinski definition) is 3. The third-order valence-electron chi connectivity index (χ3n) is 5.26. The van der Waals surface area contributed by atoms with E-state index in [0.29, 0.717) is 39.5 Å². The molecule has 0 aliphatic heterocycles. The summed E-state index contributed by atoms with van der Waals surface area (Å²) < 4.78 is 38.8. The van der Waals surface area contributed by atoms with Gasteiger partial charge < -0.3 is 19.8 Å². The topological polar surface area (TPSA) is 127 Å². The summed E-state index contributed by atoms with van der Waals surface area (Å²) in [5, 5.41) is 2.74. The van der Waals surface area contributed by atoms with Crippen LogP contribution in [0.25, 0.3) is 0 Å². The number of benzene rings is 2. The lowest BCUT2D eigenvalue weighted by Gasteiger charge is -2.14. The van der Waals surface area contributed by atoms with Crippen LogP contribution in [0.1, 0.15) is 44.6 Å². The van der Waals surface area contributed by atoms with Crippen LogP contribution < -0.4 is 14.8 Å². The van der Waals surface area contributed by atoms with Crippen molar-refractivity contribution < 1.29 is 27.5 Å². The molecule has 0 fully saturated rings. The van der Waals surface area contributed by atoms with Crippen molar-refractivity contribution in [2.24, 2.45) is 0 Å². The van der Waals surface area contributed by atoms with E-state index in [1.165, 1.54) is 19.2 Å². The zero-order chi connectivity index (χ0) is 25.0.